The lowest BCUT2D eigenvalue weighted by Gasteiger charge is -2.31. The summed E-state index contributed by atoms with van der Waals surface area (Å²) in [5.41, 5.74) is 0. The van der Waals surface area contributed by atoms with Crippen LogP contribution in [0.2, 0.25) is 0 Å². The van der Waals surface area contributed by atoms with Crippen LogP contribution in [0.4, 0.5) is 0 Å². The zero-order chi connectivity index (χ0) is 18.6. The van der Waals surface area contributed by atoms with Gasteiger partial charge in [-0.15, -0.1) is 0 Å². The third-order valence-electron chi connectivity index (χ3n) is 4.68. The molecule has 4 nitrogen and oxygen atoms in total. The van der Waals surface area contributed by atoms with Crippen molar-refractivity contribution in [3.63, 3.8) is 0 Å². The third kappa shape index (κ3) is 14.7. The Hall–Kier alpha value is -0.160. The molecule has 152 valence electrons. The Morgan fingerprint density at radius 3 is 1.64 bits per heavy atom. The zero-order valence-electron chi connectivity index (χ0n) is 17.4. The summed E-state index contributed by atoms with van der Waals surface area (Å²) in [7, 11) is 3.52. The average Bonchev–Trinajstić information content (AvgIpc) is 2.64. The van der Waals surface area contributed by atoms with Gasteiger partial charge >= 0.3 is 0 Å². The van der Waals surface area contributed by atoms with E-state index in [0.29, 0.717) is 0 Å². The molecular weight excluding hydrogens is 316 g/mol. The summed E-state index contributed by atoms with van der Waals surface area (Å²) in [5, 5.41) is 0. The largest absolute Gasteiger partial charge is 0.381 e. The topological polar surface area (TPSA) is 36.9 Å². The number of hydrogen-bond acceptors (Lipinski definition) is 4. The van der Waals surface area contributed by atoms with Gasteiger partial charge in [0, 0.05) is 53.5 Å². The van der Waals surface area contributed by atoms with Gasteiger partial charge in [0.05, 0.1) is 0 Å². The van der Waals surface area contributed by atoms with Gasteiger partial charge in [-0.25, -0.2) is 0 Å². The van der Waals surface area contributed by atoms with Crippen molar-refractivity contribution in [1.82, 2.24) is 0 Å². The Kier molecular flexibility index (Phi) is 18.5. The van der Waals surface area contributed by atoms with Crippen molar-refractivity contribution in [1.29, 1.82) is 0 Å². The first-order valence-corrected chi connectivity index (χ1v) is 10.5. The van der Waals surface area contributed by atoms with Crippen LogP contribution < -0.4 is 0 Å². The predicted molar refractivity (Wildman–Crippen MR) is 105 cm³/mol. The second kappa shape index (κ2) is 18.6. The Bertz CT molecular complexity index is 254. The maximum absolute atomic E-state index is 5.71. The summed E-state index contributed by atoms with van der Waals surface area (Å²) in [6.07, 6.45) is 14.0. The summed E-state index contributed by atoms with van der Waals surface area (Å²) in [5.74, 6) is -0.434. The van der Waals surface area contributed by atoms with E-state index in [4.69, 9.17) is 18.9 Å². The first-order valence-electron chi connectivity index (χ1n) is 10.5. The third-order valence-corrected chi connectivity index (χ3v) is 4.68. The van der Waals surface area contributed by atoms with Crippen molar-refractivity contribution in [3.8, 4) is 0 Å². The molecule has 0 aliphatic rings. The van der Waals surface area contributed by atoms with Crippen LogP contribution in [0.5, 0.6) is 0 Å². The van der Waals surface area contributed by atoms with E-state index < -0.39 is 5.79 Å². The highest BCUT2D eigenvalue weighted by atomic mass is 16.7. The molecule has 0 unspecified atom stereocenters. The van der Waals surface area contributed by atoms with Gasteiger partial charge < -0.3 is 18.9 Å². The van der Waals surface area contributed by atoms with Crippen LogP contribution in [0.3, 0.4) is 0 Å². The van der Waals surface area contributed by atoms with Gasteiger partial charge in [-0.2, -0.15) is 0 Å². The number of methoxy groups -OCH3 is 2. The van der Waals surface area contributed by atoms with Gasteiger partial charge in [-0.1, -0.05) is 52.4 Å². The van der Waals surface area contributed by atoms with Crippen LogP contribution in [0, 0.1) is 0 Å². The van der Waals surface area contributed by atoms with E-state index in [9.17, 15) is 0 Å². The molecule has 0 radical (unpaired) electrons. The molecule has 0 heterocycles. The lowest BCUT2D eigenvalue weighted by Crippen LogP contribution is -2.34. The van der Waals surface area contributed by atoms with Gasteiger partial charge in [-0.05, 0) is 25.7 Å². The van der Waals surface area contributed by atoms with Crippen LogP contribution in [0.25, 0.3) is 0 Å². The molecule has 0 spiro atoms. The Morgan fingerprint density at radius 2 is 1.04 bits per heavy atom. The first kappa shape index (κ1) is 24.8. The molecule has 0 saturated heterocycles. The molecule has 0 aromatic carbocycles. The average molecular weight is 361 g/mol. The quantitative estimate of drug-likeness (QED) is 0.205. The van der Waals surface area contributed by atoms with Crippen molar-refractivity contribution in [3.05, 3.63) is 0 Å². The smallest absolute Gasteiger partial charge is 0.167 e. The molecule has 25 heavy (non-hydrogen) atoms. The van der Waals surface area contributed by atoms with Crippen LogP contribution in [0.15, 0.2) is 0 Å². The Labute approximate surface area is 156 Å². The van der Waals surface area contributed by atoms with Gasteiger partial charge in [0.2, 0.25) is 0 Å². The monoisotopic (exact) mass is 360 g/mol. The fourth-order valence-electron chi connectivity index (χ4n) is 3.02. The SMILES string of the molecule is CCCCCCCCCC(CCCOCCCOCCC)(OC)OC. The van der Waals surface area contributed by atoms with Gasteiger partial charge in [0.25, 0.3) is 0 Å². The molecule has 0 aliphatic carbocycles. The maximum Gasteiger partial charge on any atom is 0.167 e. The fraction of sp³-hybridized carbons (Fsp3) is 1.00. The van der Waals surface area contributed by atoms with Crippen molar-refractivity contribution in [2.45, 2.75) is 96.7 Å². The predicted octanol–water partition coefficient (Wildman–Crippen LogP) is 5.73. The van der Waals surface area contributed by atoms with Crippen LogP contribution in [0.1, 0.15) is 90.9 Å². The van der Waals surface area contributed by atoms with E-state index in [1.54, 1.807) is 14.2 Å². The van der Waals surface area contributed by atoms with E-state index in [1.807, 2.05) is 0 Å². The zero-order valence-corrected chi connectivity index (χ0v) is 17.4. The standard InChI is InChI=1S/C21H44O4/c1-5-7-8-9-10-11-12-15-21(22-3,23-4)16-13-18-25-20-14-19-24-17-6-2/h5-20H2,1-4H3. The van der Waals surface area contributed by atoms with E-state index >= 15 is 0 Å². The molecule has 4 heteroatoms. The molecular formula is C21H44O4. The lowest BCUT2D eigenvalue weighted by molar-refractivity contribution is -0.217. The lowest BCUT2D eigenvalue weighted by atomic mass is 10.0. The van der Waals surface area contributed by atoms with E-state index in [1.165, 1.54) is 44.9 Å². The van der Waals surface area contributed by atoms with Crippen molar-refractivity contribution in [2.24, 2.45) is 0 Å². The number of ether oxygens (including phenoxy) is 4. The van der Waals surface area contributed by atoms with E-state index in [0.717, 1.165) is 58.5 Å². The van der Waals surface area contributed by atoms with Crippen LogP contribution in [-0.4, -0.2) is 46.4 Å². The highest BCUT2D eigenvalue weighted by molar-refractivity contribution is 4.69. The number of hydrogen-bond donors (Lipinski definition) is 0. The number of rotatable bonds is 20. The molecule has 0 rings (SSSR count). The molecule has 0 fully saturated rings. The summed E-state index contributed by atoms with van der Waals surface area (Å²) in [6, 6.07) is 0. The molecule has 0 atom stereocenters. The minimum absolute atomic E-state index is 0.434. The van der Waals surface area contributed by atoms with Crippen molar-refractivity contribution in [2.75, 3.05) is 40.6 Å². The highest BCUT2D eigenvalue weighted by Crippen LogP contribution is 2.26. The number of unbranched alkanes of at least 4 members (excludes halogenated alkanes) is 6. The molecule has 0 aliphatic heterocycles. The molecule has 0 bridgehead atoms. The van der Waals surface area contributed by atoms with Crippen molar-refractivity contribution < 1.29 is 18.9 Å². The van der Waals surface area contributed by atoms with Crippen LogP contribution in [-0.2, 0) is 18.9 Å². The van der Waals surface area contributed by atoms with Crippen molar-refractivity contribution >= 4 is 0 Å². The Morgan fingerprint density at radius 1 is 0.520 bits per heavy atom. The molecule has 0 amide bonds. The van der Waals surface area contributed by atoms with Gasteiger partial charge in [0.1, 0.15) is 0 Å². The minimum atomic E-state index is -0.434. The molecule has 0 aromatic heterocycles. The minimum Gasteiger partial charge on any atom is -0.381 e. The summed E-state index contributed by atoms with van der Waals surface area (Å²) >= 11 is 0. The normalized spacial score (nSPS) is 12.0. The van der Waals surface area contributed by atoms with E-state index in [-0.39, 0.29) is 0 Å². The van der Waals surface area contributed by atoms with E-state index in [2.05, 4.69) is 13.8 Å². The maximum atomic E-state index is 5.71. The summed E-state index contributed by atoms with van der Waals surface area (Å²) < 4.78 is 22.5. The fourth-order valence-corrected chi connectivity index (χ4v) is 3.02. The highest BCUT2D eigenvalue weighted by Gasteiger charge is 2.28. The summed E-state index contributed by atoms with van der Waals surface area (Å²) in [6.45, 7) is 7.57. The van der Waals surface area contributed by atoms with Gasteiger partial charge in [-0.3, -0.25) is 0 Å². The van der Waals surface area contributed by atoms with Crippen LogP contribution >= 0.6 is 0 Å². The molecule has 0 saturated carbocycles. The van der Waals surface area contributed by atoms with Gasteiger partial charge in [0.15, 0.2) is 5.79 Å². The molecule has 0 N–H and O–H groups in total. The molecule has 0 aromatic rings. The summed E-state index contributed by atoms with van der Waals surface area (Å²) in [4.78, 5) is 0. The first-order chi connectivity index (χ1) is 12.2. The second-order valence-electron chi connectivity index (χ2n) is 6.87. The second-order valence-corrected chi connectivity index (χ2v) is 6.87. The Balaban J connectivity index is 3.69.